The van der Waals surface area contributed by atoms with E-state index in [0.717, 1.165) is 34.1 Å². The van der Waals surface area contributed by atoms with Crippen LogP contribution in [0.2, 0.25) is 0 Å². The average molecular weight is 335 g/mol. The number of ether oxygens (including phenoxy) is 1. The van der Waals surface area contributed by atoms with Crippen LogP contribution < -0.4 is 10.5 Å². The maximum absolute atomic E-state index is 11.3. The lowest BCUT2D eigenvalue weighted by Crippen LogP contribution is -2.10. The van der Waals surface area contributed by atoms with Crippen molar-refractivity contribution in [1.29, 1.82) is 0 Å². The number of aromatic amines is 1. The van der Waals surface area contributed by atoms with Crippen LogP contribution in [0.4, 0.5) is 0 Å². The Bertz CT molecular complexity index is 878. The lowest BCUT2D eigenvalue weighted by atomic mass is 10.0. The quantitative estimate of drug-likeness (QED) is 0.740. The van der Waals surface area contributed by atoms with Crippen molar-refractivity contribution in [3.05, 3.63) is 59.9 Å². The number of benzene rings is 2. The van der Waals surface area contributed by atoms with E-state index in [1.165, 1.54) is 0 Å². The second kappa shape index (κ2) is 6.81. The summed E-state index contributed by atoms with van der Waals surface area (Å²) in [7, 11) is 1.64. The number of aromatic nitrogens is 2. The number of methoxy groups -OCH3 is 1. The molecule has 0 unspecified atom stereocenters. The summed E-state index contributed by atoms with van der Waals surface area (Å²) in [5.41, 5.74) is 9.55. The van der Waals surface area contributed by atoms with Crippen LogP contribution in [0.25, 0.3) is 22.5 Å². The highest BCUT2D eigenvalue weighted by atomic mass is 16.5. The molecule has 0 aliphatic carbocycles. The number of nitrogens with one attached hydrogen (secondary N) is 1. The lowest BCUT2D eigenvalue weighted by Gasteiger charge is -2.05. The van der Waals surface area contributed by atoms with Gasteiger partial charge in [0.1, 0.15) is 11.6 Å². The average Bonchev–Trinajstić information content (AvgIpc) is 3.07. The Morgan fingerprint density at radius 2 is 1.64 bits per heavy atom. The van der Waals surface area contributed by atoms with E-state index in [9.17, 15) is 4.79 Å². The number of hydrogen-bond acceptors (Lipinski definition) is 3. The lowest BCUT2D eigenvalue weighted by molar-refractivity contribution is 0.100. The maximum atomic E-state index is 11.3. The Labute approximate surface area is 146 Å². The maximum Gasteiger partial charge on any atom is 0.248 e. The van der Waals surface area contributed by atoms with Crippen LogP contribution in [-0.4, -0.2) is 23.0 Å². The zero-order valence-electron chi connectivity index (χ0n) is 14.5. The summed E-state index contributed by atoms with van der Waals surface area (Å²) in [5.74, 6) is 1.56. The first-order valence-corrected chi connectivity index (χ1v) is 8.14. The molecular weight excluding hydrogens is 314 g/mol. The van der Waals surface area contributed by atoms with E-state index in [1.54, 1.807) is 19.2 Å². The van der Waals surface area contributed by atoms with Gasteiger partial charge in [0.25, 0.3) is 0 Å². The Hall–Kier alpha value is -3.08. The van der Waals surface area contributed by atoms with Gasteiger partial charge in [-0.2, -0.15) is 0 Å². The molecular formula is C20H21N3O2. The van der Waals surface area contributed by atoms with Gasteiger partial charge in [0.2, 0.25) is 5.91 Å². The van der Waals surface area contributed by atoms with E-state index in [1.807, 2.05) is 36.4 Å². The minimum absolute atomic E-state index is 0.274. The normalized spacial score (nSPS) is 10.9. The van der Waals surface area contributed by atoms with Gasteiger partial charge < -0.3 is 15.5 Å². The van der Waals surface area contributed by atoms with Crippen LogP contribution in [0.5, 0.6) is 5.75 Å². The number of rotatable bonds is 5. The summed E-state index contributed by atoms with van der Waals surface area (Å²) in [6.07, 6.45) is 0. The summed E-state index contributed by atoms with van der Waals surface area (Å²) >= 11 is 0. The fourth-order valence-corrected chi connectivity index (χ4v) is 2.63. The molecule has 3 rings (SSSR count). The number of H-pyrrole nitrogens is 1. The highest BCUT2D eigenvalue weighted by Crippen LogP contribution is 2.32. The molecule has 1 aromatic heterocycles. The van der Waals surface area contributed by atoms with Crippen LogP contribution in [0.15, 0.2) is 48.5 Å². The highest BCUT2D eigenvalue weighted by molar-refractivity contribution is 5.93. The van der Waals surface area contributed by atoms with E-state index in [-0.39, 0.29) is 5.92 Å². The van der Waals surface area contributed by atoms with Gasteiger partial charge in [-0.05, 0) is 36.4 Å². The SMILES string of the molecule is COc1ccc(-c2nc(C(C)C)[nH]c2-c2ccc(C(N)=O)cc2)cc1. The molecule has 0 fully saturated rings. The molecule has 0 bridgehead atoms. The van der Waals surface area contributed by atoms with Crippen molar-refractivity contribution in [1.82, 2.24) is 9.97 Å². The fraction of sp³-hybridized carbons (Fsp3) is 0.200. The predicted molar refractivity (Wildman–Crippen MR) is 98.6 cm³/mol. The number of nitrogens with two attached hydrogens (primary N) is 1. The molecule has 0 aliphatic heterocycles. The van der Waals surface area contributed by atoms with E-state index in [4.69, 9.17) is 15.5 Å². The van der Waals surface area contributed by atoms with Crippen molar-refractivity contribution in [3.8, 4) is 28.3 Å². The molecule has 0 atom stereocenters. The molecule has 0 radical (unpaired) electrons. The van der Waals surface area contributed by atoms with E-state index < -0.39 is 5.91 Å². The Morgan fingerprint density at radius 3 is 2.16 bits per heavy atom. The molecule has 3 aromatic rings. The molecule has 0 saturated carbocycles. The fourth-order valence-electron chi connectivity index (χ4n) is 2.63. The number of carbonyl (C=O) groups is 1. The first-order chi connectivity index (χ1) is 12.0. The van der Waals surface area contributed by atoms with Gasteiger partial charge >= 0.3 is 0 Å². The van der Waals surface area contributed by atoms with Crippen LogP contribution in [0.3, 0.4) is 0 Å². The number of carbonyl (C=O) groups excluding carboxylic acids is 1. The van der Waals surface area contributed by atoms with Crippen molar-refractivity contribution >= 4 is 5.91 Å². The van der Waals surface area contributed by atoms with Gasteiger partial charge in [-0.15, -0.1) is 0 Å². The third-order valence-corrected chi connectivity index (χ3v) is 4.09. The van der Waals surface area contributed by atoms with Gasteiger partial charge in [-0.1, -0.05) is 26.0 Å². The second-order valence-electron chi connectivity index (χ2n) is 6.17. The number of primary amides is 1. The highest BCUT2D eigenvalue weighted by Gasteiger charge is 2.16. The Morgan fingerprint density at radius 1 is 1.04 bits per heavy atom. The first kappa shape index (κ1) is 16.8. The second-order valence-corrected chi connectivity index (χ2v) is 6.17. The van der Waals surface area contributed by atoms with E-state index >= 15 is 0 Å². The summed E-state index contributed by atoms with van der Waals surface area (Å²) in [6.45, 7) is 4.19. The number of nitrogens with zero attached hydrogens (tertiary/aromatic N) is 1. The number of imidazole rings is 1. The summed E-state index contributed by atoms with van der Waals surface area (Å²) < 4.78 is 5.23. The van der Waals surface area contributed by atoms with Crippen LogP contribution in [0, 0.1) is 0 Å². The van der Waals surface area contributed by atoms with Gasteiger partial charge in [-0.25, -0.2) is 4.98 Å². The zero-order chi connectivity index (χ0) is 18.0. The molecule has 3 N–H and O–H groups in total. The van der Waals surface area contributed by atoms with Crippen molar-refractivity contribution < 1.29 is 9.53 Å². The van der Waals surface area contributed by atoms with Gasteiger partial charge in [-0.3, -0.25) is 4.79 Å². The Balaban J connectivity index is 2.09. The molecule has 25 heavy (non-hydrogen) atoms. The molecule has 1 amide bonds. The molecule has 2 aromatic carbocycles. The topological polar surface area (TPSA) is 81.0 Å². The molecule has 5 heteroatoms. The van der Waals surface area contributed by atoms with E-state index in [2.05, 4.69) is 18.8 Å². The standard InChI is InChI=1S/C20H21N3O2/c1-12(2)20-22-17(13-4-6-15(7-5-13)19(21)24)18(23-20)14-8-10-16(25-3)11-9-14/h4-12H,1-3H3,(H2,21,24)(H,22,23). The largest absolute Gasteiger partial charge is 0.497 e. The van der Waals surface area contributed by atoms with Crippen LogP contribution in [-0.2, 0) is 0 Å². The molecule has 0 spiro atoms. The van der Waals surface area contributed by atoms with Gasteiger partial charge in [0, 0.05) is 22.6 Å². The third-order valence-electron chi connectivity index (χ3n) is 4.09. The van der Waals surface area contributed by atoms with Crippen molar-refractivity contribution in [3.63, 3.8) is 0 Å². The third kappa shape index (κ3) is 3.40. The zero-order valence-corrected chi connectivity index (χ0v) is 14.5. The van der Waals surface area contributed by atoms with Gasteiger partial charge in [0.05, 0.1) is 18.5 Å². The first-order valence-electron chi connectivity index (χ1n) is 8.14. The van der Waals surface area contributed by atoms with Crippen LogP contribution in [0.1, 0.15) is 35.9 Å². The summed E-state index contributed by atoms with van der Waals surface area (Å²) in [5, 5.41) is 0. The summed E-state index contributed by atoms with van der Waals surface area (Å²) in [4.78, 5) is 19.5. The molecule has 1 heterocycles. The molecule has 128 valence electrons. The van der Waals surface area contributed by atoms with E-state index in [0.29, 0.717) is 5.56 Å². The van der Waals surface area contributed by atoms with Crippen molar-refractivity contribution in [2.75, 3.05) is 7.11 Å². The number of hydrogen-bond donors (Lipinski definition) is 2. The van der Waals surface area contributed by atoms with Crippen molar-refractivity contribution in [2.24, 2.45) is 5.73 Å². The molecule has 5 nitrogen and oxygen atoms in total. The monoisotopic (exact) mass is 335 g/mol. The number of amides is 1. The molecule has 0 aliphatic rings. The van der Waals surface area contributed by atoms with Crippen LogP contribution >= 0.6 is 0 Å². The minimum atomic E-state index is -0.436. The Kier molecular flexibility index (Phi) is 4.57. The smallest absolute Gasteiger partial charge is 0.248 e. The summed E-state index contributed by atoms with van der Waals surface area (Å²) in [6, 6.07) is 15.0. The predicted octanol–water partition coefficient (Wildman–Crippen LogP) is 3.97. The molecule has 0 saturated heterocycles. The van der Waals surface area contributed by atoms with Crippen molar-refractivity contribution in [2.45, 2.75) is 19.8 Å². The minimum Gasteiger partial charge on any atom is -0.497 e. The van der Waals surface area contributed by atoms with Gasteiger partial charge in [0.15, 0.2) is 0 Å².